The molecule has 1 aliphatic heterocycles. The molecule has 4 rings (SSSR count). The van der Waals surface area contributed by atoms with Crippen LogP contribution < -0.4 is 19.7 Å². The first-order valence-corrected chi connectivity index (χ1v) is 10.3. The first-order valence-electron chi connectivity index (χ1n) is 9.94. The van der Waals surface area contributed by atoms with Gasteiger partial charge in [0.2, 0.25) is 18.6 Å². The summed E-state index contributed by atoms with van der Waals surface area (Å²) < 4.78 is 49.9. The maximum absolute atomic E-state index is 13.1. The first kappa shape index (κ1) is 23.4. The fourth-order valence-electron chi connectivity index (χ4n) is 3.43. The number of anilines is 3. The zero-order chi connectivity index (χ0) is 24.5. The van der Waals surface area contributed by atoms with Crippen molar-refractivity contribution < 1.29 is 32.2 Å². The molecule has 2 heterocycles. The fraction of sp³-hybridized carbons (Fsp3) is 0.174. The molecular weight excluding hydrogens is 475 g/mol. The topological polar surface area (TPSA) is 80.8 Å². The number of alkyl halides is 3. The highest BCUT2D eigenvalue weighted by atomic mass is 35.5. The Morgan fingerprint density at radius 2 is 1.88 bits per heavy atom. The lowest BCUT2D eigenvalue weighted by Crippen LogP contribution is -2.24. The van der Waals surface area contributed by atoms with E-state index in [1.807, 2.05) is 0 Å². The quantitative estimate of drug-likeness (QED) is 0.520. The van der Waals surface area contributed by atoms with E-state index in [4.69, 9.17) is 21.1 Å². The van der Waals surface area contributed by atoms with Gasteiger partial charge in [0.25, 0.3) is 0 Å². The Kier molecular flexibility index (Phi) is 6.34. The van der Waals surface area contributed by atoms with Crippen LogP contribution in [0.2, 0.25) is 5.02 Å². The minimum Gasteiger partial charge on any atom is -0.454 e. The summed E-state index contributed by atoms with van der Waals surface area (Å²) in [5.74, 6) is 0.323. The van der Waals surface area contributed by atoms with Gasteiger partial charge >= 0.3 is 6.18 Å². The molecule has 2 aromatic carbocycles. The molecule has 11 heteroatoms. The average Bonchev–Trinajstić information content (AvgIpc) is 3.22. The predicted molar refractivity (Wildman–Crippen MR) is 118 cm³/mol. The van der Waals surface area contributed by atoms with E-state index in [0.717, 1.165) is 6.07 Å². The standard InChI is InChI=1S/C23H17ClF3N3O4/c1-13(31)30(16-5-6-18-19(11-16)34-12-33-18)20-10-15(7-8-28-20)29-21(32)9-14-3-2-4-17(22(14)24)23(25,26)27/h2-8,10-11H,9,12H2,1H3,(H,28,29,32). The summed E-state index contributed by atoms with van der Waals surface area (Å²) in [6.45, 7) is 1.43. The molecule has 34 heavy (non-hydrogen) atoms. The van der Waals surface area contributed by atoms with Crippen LogP contribution in [-0.2, 0) is 22.2 Å². The highest BCUT2D eigenvalue weighted by Crippen LogP contribution is 2.38. The van der Waals surface area contributed by atoms with Crippen molar-refractivity contribution in [3.63, 3.8) is 0 Å². The number of hydrogen-bond donors (Lipinski definition) is 1. The molecule has 0 saturated carbocycles. The van der Waals surface area contributed by atoms with Crippen molar-refractivity contribution in [2.24, 2.45) is 0 Å². The predicted octanol–water partition coefficient (Wildman–Crippen LogP) is 5.35. The number of fused-ring (bicyclic) bond motifs is 1. The van der Waals surface area contributed by atoms with Crippen molar-refractivity contribution in [2.45, 2.75) is 19.5 Å². The number of nitrogens with one attached hydrogen (secondary N) is 1. The van der Waals surface area contributed by atoms with Gasteiger partial charge in [-0.3, -0.25) is 14.5 Å². The maximum atomic E-state index is 13.1. The highest BCUT2D eigenvalue weighted by Gasteiger charge is 2.34. The van der Waals surface area contributed by atoms with Crippen LogP contribution in [0.4, 0.5) is 30.4 Å². The monoisotopic (exact) mass is 491 g/mol. The number of carbonyl (C=O) groups excluding carboxylic acids is 2. The van der Waals surface area contributed by atoms with Gasteiger partial charge in [-0.05, 0) is 29.8 Å². The molecule has 0 aliphatic carbocycles. The fourth-order valence-corrected chi connectivity index (χ4v) is 3.73. The number of rotatable bonds is 5. The van der Waals surface area contributed by atoms with Gasteiger partial charge < -0.3 is 14.8 Å². The van der Waals surface area contributed by atoms with Crippen molar-refractivity contribution in [1.82, 2.24) is 4.98 Å². The van der Waals surface area contributed by atoms with Gasteiger partial charge in [0.15, 0.2) is 11.5 Å². The van der Waals surface area contributed by atoms with Gasteiger partial charge in [-0.1, -0.05) is 23.7 Å². The second kappa shape index (κ2) is 9.22. The van der Waals surface area contributed by atoms with E-state index in [-0.39, 0.29) is 30.5 Å². The van der Waals surface area contributed by atoms with Crippen LogP contribution in [0.5, 0.6) is 11.5 Å². The number of aromatic nitrogens is 1. The smallest absolute Gasteiger partial charge is 0.417 e. The molecule has 0 fully saturated rings. The van der Waals surface area contributed by atoms with Gasteiger partial charge in [0.05, 0.1) is 22.7 Å². The summed E-state index contributed by atoms with van der Waals surface area (Å²) in [6, 6.07) is 11.3. The van der Waals surface area contributed by atoms with E-state index < -0.39 is 22.7 Å². The molecule has 176 valence electrons. The van der Waals surface area contributed by atoms with E-state index in [2.05, 4.69) is 10.3 Å². The van der Waals surface area contributed by atoms with E-state index in [9.17, 15) is 22.8 Å². The number of carbonyl (C=O) groups is 2. The zero-order valence-electron chi connectivity index (χ0n) is 17.6. The minimum absolute atomic E-state index is 0.0361. The Labute approximate surface area is 197 Å². The Morgan fingerprint density at radius 1 is 1.12 bits per heavy atom. The normalized spacial score (nSPS) is 12.4. The second-order valence-electron chi connectivity index (χ2n) is 7.30. The Bertz CT molecular complexity index is 1270. The van der Waals surface area contributed by atoms with Crippen molar-refractivity contribution in [3.05, 3.63) is 70.9 Å². The Hall–Kier alpha value is -3.79. The molecule has 0 saturated heterocycles. The minimum atomic E-state index is -4.63. The third kappa shape index (κ3) is 4.91. The molecule has 2 amide bonds. The number of pyridine rings is 1. The molecule has 0 radical (unpaired) electrons. The third-order valence-corrected chi connectivity index (χ3v) is 5.37. The molecule has 1 aromatic heterocycles. The molecule has 0 atom stereocenters. The number of hydrogen-bond acceptors (Lipinski definition) is 5. The van der Waals surface area contributed by atoms with E-state index in [0.29, 0.717) is 22.9 Å². The Balaban J connectivity index is 1.54. The van der Waals surface area contributed by atoms with Crippen molar-refractivity contribution in [2.75, 3.05) is 17.0 Å². The molecule has 3 aromatic rings. The molecule has 0 unspecified atom stereocenters. The van der Waals surface area contributed by atoms with Crippen LogP contribution in [-0.4, -0.2) is 23.6 Å². The van der Waals surface area contributed by atoms with E-state index in [1.165, 1.54) is 42.3 Å². The average molecular weight is 492 g/mol. The number of halogens is 4. The van der Waals surface area contributed by atoms with E-state index >= 15 is 0 Å². The lowest BCUT2D eigenvalue weighted by Gasteiger charge is -2.21. The van der Waals surface area contributed by atoms with Gasteiger partial charge in [-0.2, -0.15) is 13.2 Å². The summed E-state index contributed by atoms with van der Waals surface area (Å²) in [6.07, 6.45) is -3.61. The number of benzene rings is 2. The van der Waals surface area contributed by atoms with Crippen LogP contribution in [0, 0.1) is 0 Å². The van der Waals surface area contributed by atoms with Gasteiger partial charge in [-0.25, -0.2) is 4.98 Å². The van der Waals surface area contributed by atoms with Crippen LogP contribution in [0.1, 0.15) is 18.1 Å². The number of nitrogens with zero attached hydrogens (tertiary/aromatic N) is 2. The lowest BCUT2D eigenvalue weighted by molar-refractivity contribution is -0.137. The summed E-state index contributed by atoms with van der Waals surface area (Å²) in [7, 11) is 0. The first-order chi connectivity index (χ1) is 16.1. The van der Waals surface area contributed by atoms with E-state index in [1.54, 1.807) is 18.2 Å². The lowest BCUT2D eigenvalue weighted by atomic mass is 10.1. The summed E-state index contributed by atoms with van der Waals surface area (Å²) in [4.78, 5) is 30.4. The van der Waals surface area contributed by atoms with Crippen LogP contribution in [0.3, 0.4) is 0 Å². The zero-order valence-corrected chi connectivity index (χ0v) is 18.4. The SMILES string of the molecule is CC(=O)N(c1ccc2c(c1)OCO2)c1cc(NC(=O)Cc2cccc(C(F)(F)F)c2Cl)ccn1. The third-order valence-electron chi connectivity index (χ3n) is 4.92. The second-order valence-corrected chi connectivity index (χ2v) is 7.67. The highest BCUT2D eigenvalue weighted by molar-refractivity contribution is 6.32. The molecule has 1 aliphatic rings. The van der Waals surface area contributed by atoms with Gasteiger partial charge in [0.1, 0.15) is 5.82 Å². The number of amides is 2. The molecular formula is C23H17ClF3N3O4. The molecule has 1 N–H and O–H groups in total. The molecule has 0 spiro atoms. The number of ether oxygens (including phenoxy) is 2. The van der Waals surface area contributed by atoms with Gasteiger partial charge in [0, 0.05) is 30.9 Å². The maximum Gasteiger partial charge on any atom is 0.417 e. The summed E-state index contributed by atoms with van der Waals surface area (Å²) >= 11 is 5.88. The van der Waals surface area contributed by atoms with Crippen LogP contribution in [0.25, 0.3) is 0 Å². The van der Waals surface area contributed by atoms with Crippen LogP contribution in [0.15, 0.2) is 54.7 Å². The van der Waals surface area contributed by atoms with Crippen molar-refractivity contribution in [1.29, 1.82) is 0 Å². The largest absolute Gasteiger partial charge is 0.454 e. The summed E-state index contributed by atoms with van der Waals surface area (Å²) in [5.41, 5.74) is -0.200. The van der Waals surface area contributed by atoms with Crippen LogP contribution >= 0.6 is 11.6 Å². The molecule has 0 bridgehead atoms. The Morgan fingerprint density at radius 3 is 2.62 bits per heavy atom. The summed E-state index contributed by atoms with van der Waals surface area (Å²) in [5, 5.41) is 2.08. The van der Waals surface area contributed by atoms with Crippen molar-refractivity contribution in [3.8, 4) is 11.5 Å². The van der Waals surface area contributed by atoms with Gasteiger partial charge in [-0.15, -0.1) is 0 Å². The van der Waals surface area contributed by atoms with Crippen molar-refractivity contribution >= 4 is 40.6 Å². The molecule has 7 nitrogen and oxygen atoms in total.